The molecule has 0 aromatic carbocycles. The minimum atomic E-state index is -0.280. The molecule has 0 radical (unpaired) electrons. The highest BCUT2D eigenvalue weighted by molar-refractivity contribution is 5.91. The standard InChI is InChI=1S/C12H20N4O2/c1-9(17)5-4-8-13-11-7-6-10(14-15-11)12(18)16(2)3/h6-7,9,17H,4-5,8H2,1-3H3,(H,13,15). The first-order chi connectivity index (χ1) is 8.50. The van der Waals surface area contributed by atoms with Crippen molar-refractivity contribution >= 4 is 11.7 Å². The van der Waals surface area contributed by atoms with Crippen molar-refractivity contribution in [3.63, 3.8) is 0 Å². The van der Waals surface area contributed by atoms with Crippen LogP contribution in [0, 0.1) is 0 Å². The van der Waals surface area contributed by atoms with E-state index in [1.54, 1.807) is 33.2 Å². The Balaban J connectivity index is 2.43. The average Bonchev–Trinajstić information content (AvgIpc) is 2.34. The summed E-state index contributed by atoms with van der Waals surface area (Å²) in [5.41, 5.74) is 0.328. The lowest BCUT2D eigenvalue weighted by Crippen LogP contribution is -2.23. The molecule has 0 aliphatic heterocycles. The minimum Gasteiger partial charge on any atom is -0.393 e. The molecular formula is C12H20N4O2. The number of anilines is 1. The monoisotopic (exact) mass is 252 g/mol. The lowest BCUT2D eigenvalue weighted by Gasteiger charge is -2.09. The second-order valence-electron chi connectivity index (χ2n) is 4.42. The molecule has 0 saturated heterocycles. The zero-order valence-electron chi connectivity index (χ0n) is 11.1. The maximum absolute atomic E-state index is 11.6. The summed E-state index contributed by atoms with van der Waals surface area (Å²) in [5.74, 6) is 0.471. The number of hydrogen-bond acceptors (Lipinski definition) is 5. The van der Waals surface area contributed by atoms with Crippen LogP contribution in [0.3, 0.4) is 0 Å². The molecule has 2 N–H and O–H groups in total. The lowest BCUT2D eigenvalue weighted by molar-refractivity contribution is 0.0821. The topological polar surface area (TPSA) is 78.4 Å². The fourth-order valence-electron chi connectivity index (χ4n) is 1.38. The second kappa shape index (κ2) is 6.90. The van der Waals surface area contributed by atoms with Crippen molar-refractivity contribution in [2.75, 3.05) is 26.0 Å². The predicted molar refractivity (Wildman–Crippen MR) is 69.5 cm³/mol. The molecule has 1 aromatic heterocycles. The number of nitrogens with zero attached hydrogens (tertiary/aromatic N) is 3. The van der Waals surface area contributed by atoms with E-state index < -0.39 is 0 Å². The molecule has 0 fully saturated rings. The second-order valence-corrected chi connectivity index (χ2v) is 4.42. The summed E-state index contributed by atoms with van der Waals surface area (Å²) in [6.45, 7) is 2.49. The van der Waals surface area contributed by atoms with E-state index in [1.165, 1.54) is 4.90 Å². The Morgan fingerprint density at radius 2 is 2.17 bits per heavy atom. The molecule has 1 heterocycles. The van der Waals surface area contributed by atoms with Gasteiger partial charge in [0.1, 0.15) is 5.82 Å². The number of amides is 1. The van der Waals surface area contributed by atoms with Crippen molar-refractivity contribution in [2.24, 2.45) is 0 Å². The number of hydrogen-bond donors (Lipinski definition) is 2. The van der Waals surface area contributed by atoms with Crippen LogP contribution in [0.15, 0.2) is 12.1 Å². The Morgan fingerprint density at radius 1 is 1.44 bits per heavy atom. The first kappa shape index (κ1) is 14.4. The number of rotatable bonds is 6. The summed E-state index contributed by atoms with van der Waals surface area (Å²) >= 11 is 0. The Morgan fingerprint density at radius 3 is 2.67 bits per heavy atom. The fourth-order valence-corrected chi connectivity index (χ4v) is 1.38. The van der Waals surface area contributed by atoms with Crippen molar-refractivity contribution in [3.8, 4) is 0 Å². The highest BCUT2D eigenvalue weighted by Crippen LogP contribution is 2.04. The van der Waals surface area contributed by atoms with E-state index in [1.807, 2.05) is 0 Å². The van der Waals surface area contributed by atoms with Crippen LogP contribution in [-0.2, 0) is 0 Å². The number of aliphatic hydroxyl groups excluding tert-OH is 1. The van der Waals surface area contributed by atoms with Crippen LogP contribution in [0.5, 0.6) is 0 Å². The van der Waals surface area contributed by atoms with Crippen molar-refractivity contribution in [1.29, 1.82) is 0 Å². The zero-order chi connectivity index (χ0) is 13.5. The molecule has 1 amide bonds. The zero-order valence-corrected chi connectivity index (χ0v) is 11.1. The molecule has 1 atom stereocenters. The molecule has 100 valence electrons. The van der Waals surface area contributed by atoms with Crippen LogP contribution in [0.25, 0.3) is 0 Å². The maximum Gasteiger partial charge on any atom is 0.273 e. The first-order valence-corrected chi connectivity index (χ1v) is 5.98. The van der Waals surface area contributed by atoms with Crippen LogP contribution in [0.1, 0.15) is 30.3 Å². The van der Waals surface area contributed by atoms with Gasteiger partial charge in [-0.15, -0.1) is 10.2 Å². The summed E-state index contributed by atoms with van der Waals surface area (Å²) < 4.78 is 0. The molecule has 6 nitrogen and oxygen atoms in total. The van der Waals surface area contributed by atoms with Crippen LogP contribution in [0.4, 0.5) is 5.82 Å². The van der Waals surface area contributed by atoms with E-state index in [4.69, 9.17) is 5.11 Å². The number of aromatic nitrogens is 2. The van der Waals surface area contributed by atoms with Gasteiger partial charge < -0.3 is 15.3 Å². The third-order valence-electron chi connectivity index (χ3n) is 2.39. The van der Waals surface area contributed by atoms with Crippen LogP contribution in [0.2, 0.25) is 0 Å². The molecule has 0 saturated carbocycles. The van der Waals surface area contributed by atoms with Gasteiger partial charge in [-0.25, -0.2) is 0 Å². The lowest BCUT2D eigenvalue weighted by atomic mass is 10.2. The third kappa shape index (κ3) is 4.67. The summed E-state index contributed by atoms with van der Waals surface area (Å²) in [7, 11) is 3.35. The highest BCUT2D eigenvalue weighted by Gasteiger charge is 2.09. The van der Waals surface area contributed by atoms with Crippen molar-refractivity contribution in [3.05, 3.63) is 17.8 Å². The van der Waals surface area contributed by atoms with Crippen molar-refractivity contribution < 1.29 is 9.90 Å². The van der Waals surface area contributed by atoms with Crippen molar-refractivity contribution in [1.82, 2.24) is 15.1 Å². The minimum absolute atomic E-state index is 0.164. The smallest absolute Gasteiger partial charge is 0.273 e. The molecule has 0 spiro atoms. The normalized spacial score (nSPS) is 12.0. The number of nitrogens with one attached hydrogen (secondary N) is 1. The SMILES string of the molecule is CC(O)CCCNc1ccc(C(=O)N(C)C)nn1. The molecule has 1 rings (SSSR count). The molecule has 1 aromatic rings. The summed E-state index contributed by atoms with van der Waals surface area (Å²) in [6.07, 6.45) is 1.33. The Bertz CT molecular complexity index is 376. The van der Waals surface area contributed by atoms with Gasteiger partial charge in [0, 0.05) is 20.6 Å². The predicted octanol–water partition coefficient (Wildman–Crippen LogP) is 0.751. The Kier molecular flexibility index (Phi) is 5.51. The number of aliphatic hydroxyl groups is 1. The maximum atomic E-state index is 11.6. The first-order valence-electron chi connectivity index (χ1n) is 5.98. The van der Waals surface area contributed by atoms with E-state index in [0.717, 1.165) is 19.4 Å². The van der Waals surface area contributed by atoms with Gasteiger partial charge in [-0.05, 0) is 31.9 Å². The van der Waals surface area contributed by atoms with E-state index >= 15 is 0 Å². The Labute approximate surface area is 107 Å². The van der Waals surface area contributed by atoms with E-state index in [9.17, 15) is 4.79 Å². The summed E-state index contributed by atoms with van der Waals surface area (Å²) in [5, 5.41) is 20.0. The number of carbonyl (C=O) groups is 1. The molecule has 6 heteroatoms. The van der Waals surface area contributed by atoms with Gasteiger partial charge in [0.25, 0.3) is 5.91 Å². The van der Waals surface area contributed by atoms with E-state index in [0.29, 0.717) is 11.5 Å². The molecular weight excluding hydrogens is 232 g/mol. The molecule has 0 aliphatic carbocycles. The van der Waals surface area contributed by atoms with Gasteiger partial charge in [-0.3, -0.25) is 4.79 Å². The third-order valence-corrected chi connectivity index (χ3v) is 2.39. The quantitative estimate of drug-likeness (QED) is 0.730. The van der Waals surface area contributed by atoms with Gasteiger partial charge in [-0.1, -0.05) is 0 Å². The van der Waals surface area contributed by atoms with Crippen LogP contribution < -0.4 is 5.32 Å². The average molecular weight is 252 g/mol. The van der Waals surface area contributed by atoms with Crippen LogP contribution >= 0.6 is 0 Å². The highest BCUT2D eigenvalue weighted by atomic mass is 16.3. The number of carbonyl (C=O) groups excluding carboxylic acids is 1. The Hall–Kier alpha value is -1.69. The molecule has 0 aliphatic rings. The van der Waals surface area contributed by atoms with Crippen molar-refractivity contribution in [2.45, 2.75) is 25.9 Å². The largest absolute Gasteiger partial charge is 0.393 e. The fraction of sp³-hybridized carbons (Fsp3) is 0.583. The van der Waals surface area contributed by atoms with E-state index in [2.05, 4.69) is 15.5 Å². The molecule has 1 unspecified atom stereocenters. The van der Waals surface area contributed by atoms with Gasteiger partial charge >= 0.3 is 0 Å². The van der Waals surface area contributed by atoms with Gasteiger partial charge in [0.2, 0.25) is 0 Å². The molecule has 0 bridgehead atoms. The summed E-state index contributed by atoms with van der Waals surface area (Å²) in [6, 6.07) is 3.37. The molecule has 18 heavy (non-hydrogen) atoms. The van der Waals surface area contributed by atoms with Gasteiger partial charge in [0.05, 0.1) is 6.10 Å². The summed E-state index contributed by atoms with van der Waals surface area (Å²) in [4.78, 5) is 13.0. The van der Waals surface area contributed by atoms with E-state index in [-0.39, 0.29) is 12.0 Å². The van der Waals surface area contributed by atoms with Gasteiger partial charge in [0.15, 0.2) is 5.69 Å². The van der Waals surface area contributed by atoms with Gasteiger partial charge in [-0.2, -0.15) is 0 Å². The van der Waals surface area contributed by atoms with Crippen LogP contribution in [-0.4, -0.2) is 52.9 Å².